The average Bonchev–Trinajstić information content (AvgIpc) is 2.63. The van der Waals surface area contributed by atoms with E-state index in [0.717, 1.165) is 6.42 Å². The summed E-state index contributed by atoms with van der Waals surface area (Å²) in [6.45, 7) is 7.74. The second kappa shape index (κ2) is 4.51. The molecule has 1 aromatic rings. The Labute approximate surface area is 95.2 Å². The Balaban J connectivity index is 2.68. The summed E-state index contributed by atoms with van der Waals surface area (Å²) in [5.74, 6) is 0.0890. The number of nitrogens with two attached hydrogens (primary N) is 1. The molecule has 1 amide bonds. The number of carbonyl (C=O) groups excluding carboxylic acids is 1. The van der Waals surface area contributed by atoms with Crippen LogP contribution < -0.4 is 11.1 Å². The fourth-order valence-electron chi connectivity index (χ4n) is 1.12. The van der Waals surface area contributed by atoms with Gasteiger partial charge in [0.2, 0.25) is 11.9 Å². The summed E-state index contributed by atoms with van der Waals surface area (Å²) in [4.78, 5) is 15.7. The lowest BCUT2D eigenvalue weighted by molar-refractivity contribution is -0.125. The lowest BCUT2D eigenvalue weighted by atomic mass is 10.0. The predicted octanol–water partition coefficient (Wildman–Crippen LogP) is 0.726. The second-order valence-electron chi connectivity index (χ2n) is 4.49. The number of nitrogens with one attached hydrogen (secondary N) is 1. The van der Waals surface area contributed by atoms with Gasteiger partial charge in [0.25, 0.3) is 0 Å². The number of rotatable bonds is 4. The highest BCUT2D eigenvalue weighted by Crippen LogP contribution is 2.11. The molecule has 16 heavy (non-hydrogen) atoms. The van der Waals surface area contributed by atoms with Crippen molar-refractivity contribution in [3.05, 3.63) is 6.33 Å². The van der Waals surface area contributed by atoms with Crippen LogP contribution in [-0.2, 0) is 4.79 Å². The van der Waals surface area contributed by atoms with E-state index in [1.54, 1.807) is 6.92 Å². The minimum absolute atomic E-state index is 0.0863. The fraction of sp³-hybridized carbons (Fsp3) is 0.700. The third kappa shape index (κ3) is 2.95. The van der Waals surface area contributed by atoms with Crippen LogP contribution in [-0.4, -0.2) is 26.2 Å². The highest BCUT2D eigenvalue weighted by atomic mass is 16.2. The Morgan fingerprint density at radius 2 is 2.31 bits per heavy atom. The topological polar surface area (TPSA) is 85.8 Å². The Bertz CT molecular complexity index is 371. The smallest absolute Gasteiger partial charge is 0.245 e. The highest BCUT2D eigenvalue weighted by Gasteiger charge is 2.23. The zero-order chi connectivity index (χ0) is 12.3. The number of carbonyl (C=O) groups is 1. The number of nitrogens with zero attached hydrogens (tertiary/aromatic N) is 3. The monoisotopic (exact) mass is 225 g/mol. The molecule has 6 nitrogen and oxygen atoms in total. The molecule has 0 saturated carbocycles. The van der Waals surface area contributed by atoms with Crippen LogP contribution in [0.3, 0.4) is 0 Å². The molecule has 0 aliphatic heterocycles. The maximum Gasteiger partial charge on any atom is 0.245 e. The molecule has 0 aliphatic carbocycles. The first-order valence-corrected chi connectivity index (χ1v) is 5.34. The van der Waals surface area contributed by atoms with Gasteiger partial charge >= 0.3 is 0 Å². The van der Waals surface area contributed by atoms with Gasteiger partial charge in [-0.25, -0.2) is 9.67 Å². The molecule has 0 bridgehead atoms. The number of anilines is 1. The van der Waals surface area contributed by atoms with Crippen LogP contribution in [0.2, 0.25) is 0 Å². The van der Waals surface area contributed by atoms with Crippen LogP contribution in [0.4, 0.5) is 5.95 Å². The molecule has 6 heteroatoms. The number of aromatic nitrogens is 3. The zero-order valence-electron chi connectivity index (χ0n) is 10.2. The van der Waals surface area contributed by atoms with Gasteiger partial charge in [-0.1, -0.05) is 6.92 Å². The molecular formula is C10H19N5O. The minimum atomic E-state index is -0.407. The summed E-state index contributed by atoms with van der Waals surface area (Å²) in [5, 5.41) is 6.86. The highest BCUT2D eigenvalue weighted by molar-refractivity contribution is 5.80. The number of amides is 1. The number of hydrogen-bond acceptors (Lipinski definition) is 4. The van der Waals surface area contributed by atoms with E-state index in [1.165, 1.54) is 11.0 Å². The summed E-state index contributed by atoms with van der Waals surface area (Å²) >= 11 is 0. The van der Waals surface area contributed by atoms with Crippen molar-refractivity contribution in [1.82, 2.24) is 20.1 Å². The fourth-order valence-corrected chi connectivity index (χ4v) is 1.12. The van der Waals surface area contributed by atoms with Crippen LogP contribution in [0.5, 0.6) is 0 Å². The maximum atomic E-state index is 11.9. The van der Waals surface area contributed by atoms with Gasteiger partial charge in [0.1, 0.15) is 12.4 Å². The first-order chi connectivity index (χ1) is 7.35. The molecule has 1 atom stereocenters. The van der Waals surface area contributed by atoms with Gasteiger partial charge in [-0.3, -0.25) is 4.79 Å². The molecule has 0 saturated heterocycles. The van der Waals surface area contributed by atoms with Crippen molar-refractivity contribution in [2.45, 2.75) is 45.7 Å². The summed E-state index contributed by atoms with van der Waals surface area (Å²) in [5.41, 5.74) is 5.18. The maximum absolute atomic E-state index is 11.9. The molecule has 3 N–H and O–H groups in total. The molecule has 1 unspecified atom stereocenters. The molecule has 0 radical (unpaired) electrons. The molecule has 0 fully saturated rings. The molecule has 0 aliphatic rings. The van der Waals surface area contributed by atoms with E-state index in [4.69, 9.17) is 5.73 Å². The van der Waals surface area contributed by atoms with Gasteiger partial charge in [0, 0.05) is 5.54 Å². The van der Waals surface area contributed by atoms with Crippen LogP contribution in [0.25, 0.3) is 0 Å². The van der Waals surface area contributed by atoms with E-state index in [0.29, 0.717) is 0 Å². The van der Waals surface area contributed by atoms with Crippen molar-refractivity contribution in [3.63, 3.8) is 0 Å². The Kier molecular flexibility index (Phi) is 3.51. The molecule has 90 valence electrons. The molecule has 1 rings (SSSR count). The standard InChI is InChI=1S/C10H19N5O/c1-5-10(3,4)13-8(16)7(2)15-6-12-9(11)14-15/h6-7H,5H2,1-4H3,(H2,11,14)(H,13,16). The van der Waals surface area contributed by atoms with E-state index in [-0.39, 0.29) is 17.4 Å². The van der Waals surface area contributed by atoms with Gasteiger partial charge in [-0.2, -0.15) is 0 Å². The van der Waals surface area contributed by atoms with Gasteiger partial charge in [0.15, 0.2) is 0 Å². The van der Waals surface area contributed by atoms with Gasteiger partial charge in [-0.15, -0.1) is 5.10 Å². The van der Waals surface area contributed by atoms with E-state index in [9.17, 15) is 4.79 Å². The largest absolute Gasteiger partial charge is 0.367 e. The van der Waals surface area contributed by atoms with Crippen molar-refractivity contribution >= 4 is 11.9 Å². The van der Waals surface area contributed by atoms with Crippen LogP contribution in [0.15, 0.2) is 6.33 Å². The first kappa shape index (κ1) is 12.5. The minimum Gasteiger partial charge on any atom is -0.367 e. The molecule has 1 heterocycles. The van der Waals surface area contributed by atoms with Crippen molar-refractivity contribution in [2.75, 3.05) is 5.73 Å². The summed E-state index contributed by atoms with van der Waals surface area (Å²) in [6.07, 6.45) is 2.32. The summed E-state index contributed by atoms with van der Waals surface area (Å²) in [7, 11) is 0. The lowest BCUT2D eigenvalue weighted by Gasteiger charge is -2.26. The lowest BCUT2D eigenvalue weighted by Crippen LogP contribution is -2.45. The van der Waals surface area contributed by atoms with Gasteiger partial charge < -0.3 is 11.1 Å². The molecule has 0 aromatic carbocycles. The van der Waals surface area contributed by atoms with E-state index in [2.05, 4.69) is 15.4 Å². The third-order valence-corrected chi connectivity index (χ3v) is 2.65. The van der Waals surface area contributed by atoms with Crippen molar-refractivity contribution < 1.29 is 4.79 Å². The van der Waals surface area contributed by atoms with E-state index in [1.807, 2.05) is 20.8 Å². The molecule has 0 spiro atoms. The van der Waals surface area contributed by atoms with Crippen molar-refractivity contribution in [3.8, 4) is 0 Å². The quantitative estimate of drug-likeness (QED) is 0.790. The number of nitrogen functional groups attached to an aromatic ring is 1. The predicted molar refractivity (Wildman–Crippen MR) is 61.7 cm³/mol. The Hall–Kier alpha value is -1.59. The summed E-state index contributed by atoms with van der Waals surface area (Å²) < 4.78 is 1.45. The van der Waals surface area contributed by atoms with Crippen LogP contribution >= 0.6 is 0 Å². The van der Waals surface area contributed by atoms with Gasteiger partial charge in [-0.05, 0) is 27.2 Å². The average molecular weight is 225 g/mol. The summed E-state index contributed by atoms with van der Waals surface area (Å²) in [6, 6.07) is -0.407. The van der Waals surface area contributed by atoms with Crippen molar-refractivity contribution in [2.24, 2.45) is 0 Å². The van der Waals surface area contributed by atoms with Crippen LogP contribution in [0, 0.1) is 0 Å². The zero-order valence-corrected chi connectivity index (χ0v) is 10.2. The van der Waals surface area contributed by atoms with Crippen molar-refractivity contribution in [1.29, 1.82) is 0 Å². The van der Waals surface area contributed by atoms with Crippen LogP contribution in [0.1, 0.15) is 40.2 Å². The number of hydrogen-bond donors (Lipinski definition) is 2. The second-order valence-corrected chi connectivity index (χ2v) is 4.49. The molecular weight excluding hydrogens is 206 g/mol. The van der Waals surface area contributed by atoms with Gasteiger partial charge in [0.05, 0.1) is 0 Å². The first-order valence-electron chi connectivity index (χ1n) is 5.34. The Morgan fingerprint density at radius 3 is 2.75 bits per heavy atom. The third-order valence-electron chi connectivity index (χ3n) is 2.65. The SMILES string of the molecule is CCC(C)(C)NC(=O)C(C)n1cnc(N)n1. The Morgan fingerprint density at radius 1 is 1.69 bits per heavy atom. The molecule has 1 aromatic heterocycles. The normalized spacial score (nSPS) is 13.5. The van der Waals surface area contributed by atoms with E-state index >= 15 is 0 Å². The van der Waals surface area contributed by atoms with E-state index < -0.39 is 6.04 Å².